The van der Waals surface area contributed by atoms with Crippen molar-refractivity contribution in [2.45, 2.75) is 50.9 Å². The summed E-state index contributed by atoms with van der Waals surface area (Å²) >= 11 is 0. The first kappa shape index (κ1) is 11.2. The molecule has 2 heterocycles. The lowest BCUT2D eigenvalue weighted by Gasteiger charge is -2.25. The zero-order valence-corrected chi connectivity index (χ0v) is 10.4. The minimum atomic E-state index is 0.257. The molecule has 1 aromatic rings. The molecule has 2 aliphatic rings. The minimum Gasteiger partial charge on any atom is -0.375 e. The normalized spacial score (nSPS) is 32.9. The van der Waals surface area contributed by atoms with E-state index in [1.165, 1.54) is 30.4 Å². The summed E-state index contributed by atoms with van der Waals surface area (Å²) in [6.07, 6.45) is 5.58. The van der Waals surface area contributed by atoms with Crippen molar-refractivity contribution in [2.24, 2.45) is 11.7 Å². The molecule has 2 heteroatoms. The lowest BCUT2D eigenvalue weighted by molar-refractivity contribution is 0.0885. The van der Waals surface area contributed by atoms with Crippen LogP contribution in [0.15, 0.2) is 24.3 Å². The van der Waals surface area contributed by atoms with E-state index in [4.69, 9.17) is 10.5 Å². The predicted molar refractivity (Wildman–Crippen MR) is 68.9 cm³/mol. The van der Waals surface area contributed by atoms with Gasteiger partial charge in [0.25, 0.3) is 0 Å². The standard InChI is InChI=1S/C15H21NO/c1-10-2-4-11(5-3-10)8-14(16)13-9-12-6-7-15(13)17-12/h2-5,12-15H,6-9,16H2,1H3. The topological polar surface area (TPSA) is 35.2 Å². The lowest BCUT2D eigenvalue weighted by Crippen LogP contribution is -2.37. The number of hydrogen-bond acceptors (Lipinski definition) is 2. The number of fused-ring (bicyclic) bond motifs is 2. The van der Waals surface area contributed by atoms with Crippen molar-refractivity contribution in [1.29, 1.82) is 0 Å². The fourth-order valence-electron chi connectivity index (χ4n) is 3.28. The summed E-state index contributed by atoms with van der Waals surface area (Å²) in [4.78, 5) is 0. The summed E-state index contributed by atoms with van der Waals surface area (Å²) in [5, 5.41) is 0. The zero-order chi connectivity index (χ0) is 11.8. The molecule has 2 nitrogen and oxygen atoms in total. The van der Waals surface area contributed by atoms with Crippen LogP contribution in [0.4, 0.5) is 0 Å². The Kier molecular flexibility index (Phi) is 2.93. The third kappa shape index (κ3) is 2.24. The van der Waals surface area contributed by atoms with E-state index in [2.05, 4.69) is 31.2 Å². The Hall–Kier alpha value is -0.860. The molecule has 2 saturated heterocycles. The van der Waals surface area contributed by atoms with Gasteiger partial charge in [-0.25, -0.2) is 0 Å². The van der Waals surface area contributed by atoms with Crippen LogP contribution >= 0.6 is 0 Å². The van der Waals surface area contributed by atoms with Gasteiger partial charge in [-0.15, -0.1) is 0 Å². The molecular weight excluding hydrogens is 210 g/mol. The van der Waals surface area contributed by atoms with Crippen LogP contribution in [0.3, 0.4) is 0 Å². The SMILES string of the molecule is Cc1ccc(CC(N)C2CC3CCC2O3)cc1. The monoisotopic (exact) mass is 231 g/mol. The number of aryl methyl sites for hydroxylation is 1. The molecule has 2 N–H and O–H groups in total. The number of benzene rings is 1. The maximum absolute atomic E-state index is 6.36. The zero-order valence-electron chi connectivity index (χ0n) is 10.4. The first-order valence-corrected chi connectivity index (χ1v) is 6.69. The molecule has 92 valence electrons. The van der Waals surface area contributed by atoms with Crippen LogP contribution in [0.5, 0.6) is 0 Å². The van der Waals surface area contributed by atoms with Crippen molar-refractivity contribution in [2.75, 3.05) is 0 Å². The molecular formula is C15H21NO. The van der Waals surface area contributed by atoms with Gasteiger partial charge in [-0.05, 0) is 38.2 Å². The van der Waals surface area contributed by atoms with Crippen LogP contribution in [-0.2, 0) is 11.2 Å². The Labute approximate surface area is 103 Å². The largest absolute Gasteiger partial charge is 0.375 e. The van der Waals surface area contributed by atoms with E-state index < -0.39 is 0 Å². The maximum Gasteiger partial charge on any atom is 0.0623 e. The van der Waals surface area contributed by atoms with Crippen molar-refractivity contribution in [3.8, 4) is 0 Å². The number of nitrogens with two attached hydrogens (primary N) is 1. The summed E-state index contributed by atoms with van der Waals surface area (Å²) in [5.41, 5.74) is 9.02. The third-order valence-corrected chi connectivity index (χ3v) is 4.29. The quantitative estimate of drug-likeness (QED) is 0.867. The van der Waals surface area contributed by atoms with E-state index >= 15 is 0 Å². The van der Waals surface area contributed by atoms with Crippen LogP contribution < -0.4 is 5.73 Å². The van der Waals surface area contributed by atoms with Gasteiger partial charge in [0.15, 0.2) is 0 Å². The Morgan fingerprint density at radius 1 is 1.29 bits per heavy atom. The second kappa shape index (κ2) is 4.43. The summed E-state index contributed by atoms with van der Waals surface area (Å²) in [5.74, 6) is 0.579. The van der Waals surface area contributed by atoms with Crippen molar-refractivity contribution in [1.82, 2.24) is 0 Å². The van der Waals surface area contributed by atoms with Crippen LogP contribution in [0.25, 0.3) is 0 Å². The molecule has 4 unspecified atom stereocenters. The maximum atomic E-state index is 6.36. The first-order chi connectivity index (χ1) is 8.22. The van der Waals surface area contributed by atoms with Gasteiger partial charge in [0.2, 0.25) is 0 Å². The molecule has 0 saturated carbocycles. The molecule has 1 aromatic carbocycles. The molecule has 0 amide bonds. The highest BCUT2D eigenvalue weighted by Crippen LogP contribution is 2.40. The number of ether oxygens (including phenoxy) is 1. The van der Waals surface area contributed by atoms with Gasteiger partial charge in [-0.2, -0.15) is 0 Å². The summed E-state index contributed by atoms with van der Waals surface area (Å²) < 4.78 is 5.88. The number of rotatable bonds is 3. The third-order valence-electron chi connectivity index (χ3n) is 4.29. The van der Waals surface area contributed by atoms with Crippen molar-refractivity contribution in [3.63, 3.8) is 0 Å². The predicted octanol–water partition coefficient (Wildman–Crippen LogP) is 2.43. The molecule has 2 fully saturated rings. The Balaban J connectivity index is 1.63. The molecule has 0 aliphatic carbocycles. The molecule has 0 spiro atoms. The van der Waals surface area contributed by atoms with Crippen molar-refractivity contribution < 1.29 is 4.74 Å². The lowest BCUT2D eigenvalue weighted by atomic mass is 9.82. The molecule has 2 bridgehead atoms. The van der Waals surface area contributed by atoms with Crippen LogP contribution in [-0.4, -0.2) is 18.2 Å². The average Bonchev–Trinajstić information content (AvgIpc) is 2.94. The second-order valence-corrected chi connectivity index (χ2v) is 5.63. The average molecular weight is 231 g/mol. The first-order valence-electron chi connectivity index (χ1n) is 6.69. The van der Waals surface area contributed by atoms with E-state index in [0.29, 0.717) is 18.1 Å². The highest BCUT2D eigenvalue weighted by molar-refractivity contribution is 5.22. The molecule has 17 heavy (non-hydrogen) atoms. The fourth-order valence-corrected chi connectivity index (χ4v) is 3.28. The van der Waals surface area contributed by atoms with Crippen molar-refractivity contribution in [3.05, 3.63) is 35.4 Å². The van der Waals surface area contributed by atoms with E-state index in [9.17, 15) is 0 Å². The van der Waals surface area contributed by atoms with Gasteiger partial charge >= 0.3 is 0 Å². The number of hydrogen-bond donors (Lipinski definition) is 1. The van der Waals surface area contributed by atoms with E-state index in [1.807, 2.05) is 0 Å². The summed E-state index contributed by atoms with van der Waals surface area (Å²) in [6, 6.07) is 8.98. The Morgan fingerprint density at radius 2 is 2.06 bits per heavy atom. The van der Waals surface area contributed by atoms with E-state index in [-0.39, 0.29) is 6.04 Å². The van der Waals surface area contributed by atoms with Gasteiger partial charge in [0.1, 0.15) is 0 Å². The van der Waals surface area contributed by atoms with Gasteiger partial charge in [0, 0.05) is 12.0 Å². The smallest absolute Gasteiger partial charge is 0.0623 e. The van der Waals surface area contributed by atoms with Crippen LogP contribution in [0, 0.1) is 12.8 Å². The van der Waals surface area contributed by atoms with Gasteiger partial charge in [-0.3, -0.25) is 0 Å². The molecule has 3 rings (SSSR count). The minimum absolute atomic E-state index is 0.257. The van der Waals surface area contributed by atoms with Crippen molar-refractivity contribution >= 4 is 0 Å². The van der Waals surface area contributed by atoms with E-state index in [0.717, 1.165) is 6.42 Å². The van der Waals surface area contributed by atoms with Gasteiger partial charge < -0.3 is 10.5 Å². The summed E-state index contributed by atoms with van der Waals surface area (Å²) in [6.45, 7) is 2.12. The Morgan fingerprint density at radius 3 is 2.65 bits per heavy atom. The summed E-state index contributed by atoms with van der Waals surface area (Å²) in [7, 11) is 0. The van der Waals surface area contributed by atoms with Gasteiger partial charge in [-0.1, -0.05) is 29.8 Å². The van der Waals surface area contributed by atoms with Crippen LogP contribution in [0.1, 0.15) is 30.4 Å². The molecule has 2 aliphatic heterocycles. The molecule has 0 radical (unpaired) electrons. The van der Waals surface area contributed by atoms with Crippen LogP contribution in [0.2, 0.25) is 0 Å². The fraction of sp³-hybridized carbons (Fsp3) is 0.600. The van der Waals surface area contributed by atoms with E-state index in [1.54, 1.807) is 0 Å². The highest BCUT2D eigenvalue weighted by atomic mass is 16.5. The molecule has 4 atom stereocenters. The Bertz CT molecular complexity index is 386. The molecule has 0 aromatic heterocycles. The van der Waals surface area contributed by atoms with Gasteiger partial charge in [0.05, 0.1) is 12.2 Å². The highest BCUT2D eigenvalue weighted by Gasteiger charge is 2.43. The second-order valence-electron chi connectivity index (χ2n) is 5.63.